The van der Waals surface area contributed by atoms with E-state index in [9.17, 15) is 0 Å². The van der Waals surface area contributed by atoms with Crippen LogP contribution in [-0.4, -0.2) is 25.3 Å². The van der Waals surface area contributed by atoms with E-state index in [1.807, 2.05) is 30.3 Å². The molecule has 0 bridgehead atoms. The summed E-state index contributed by atoms with van der Waals surface area (Å²) in [5, 5.41) is 4.21. The highest BCUT2D eigenvalue weighted by molar-refractivity contribution is 7.20. The van der Waals surface area contributed by atoms with E-state index in [1.165, 1.54) is 51.4 Å². The van der Waals surface area contributed by atoms with Crippen molar-refractivity contribution < 1.29 is 9.41 Å². The van der Waals surface area contributed by atoms with Gasteiger partial charge >= 0.3 is 7.12 Å². The Labute approximate surface area is 169 Å². The molecule has 2 rings (SSSR count). The van der Waals surface area contributed by atoms with E-state index < -0.39 is 0 Å². The summed E-state index contributed by atoms with van der Waals surface area (Å²) in [5.74, 6) is 0.841. The van der Waals surface area contributed by atoms with Gasteiger partial charge in [0.2, 0.25) is 0 Å². The van der Waals surface area contributed by atoms with Crippen molar-refractivity contribution in [3.8, 4) is 5.75 Å². The number of benzene rings is 1. The molecule has 0 amide bonds. The minimum atomic E-state index is -0.384. The lowest BCUT2D eigenvalue weighted by Crippen LogP contribution is -2.44. The Balaban J connectivity index is 1.98. The van der Waals surface area contributed by atoms with E-state index in [4.69, 9.17) is 9.41 Å². The Morgan fingerprint density at radius 2 is 1.48 bits per heavy atom. The van der Waals surface area contributed by atoms with Crippen molar-refractivity contribution in [1.82, 2.24) is 5.06 Å². The molecule has 0 unspecified atom stereocenters. The summed E-state index contributed by atoms with van der Waals surface area (Å²) >= 11 is 1.68. The number of hydrogen-bond donors (Lipinski definition) is 0. The third-order valence-corrected chi connectivity index (χ3v) is 5.42. The second kappa shape index (κ2) is 13.8. The highest BCUT2D eigenvalue weighted by atomic mass is 32.1. The number of rotatable bonds is 15. The molecular formula is C22H34BNO2S. The van der Waals surface area contributed by atoms with Gasteiger partial charge in [-0.25, -0.2) is 5.06 Å². The minimum Gasteiger partial charge on any atom is -0.531 e. The zero-order valence-corrected chi connectivity index (χ0v) is 17.8. The van der Waals surface area contributed by atoms with Gasteiger partial charge in [0.25, 0.3) is 0 Å². The lowest BCUT2D eigenvalue weighted by atomic mass is 9.88. The topological polar surface area (TPSA) is 21.7 Å². The number of nitrogens with zero attached hydrogens (tertiary/aromatic N) is 1. The Kier molecular flexibility index (Phi) is 11.3. The lowest BCUT2D eigenvalue weighted by Gasteiger charge is -2.25. The number of hydrogen-bond acceptors (Lipinski definition) is 4. The van der Waals surface area contributed by atoms with E-state index in [2.05, 4.69) is 36.4 Å². The summed E-state index contributed by atoms with van der Waals surface area (Å²) < 4.78 is 13.7. The molecule has 0 spiro atoms. The van der Waals surface area contributed by atoms with Crippen LogP contribution >= 0.6 is 11.3 Å². The first-order valence-corrected chi connectivity index (χ1v) is 11.4. The van der Waals surface area contributed by atoms with E-state index in [1.54, 1.807) is 11.3 Å². The Bertz CT molecular complexity index is 567. The summed E-state index contributed by atoms with van der Waals surface area (Å²) in [5.41, 5.74) is 0. The maximum Gasteiger partial charge on any atom is 0.590 e. The maximum absolute atomic E-state index is 6.38. The van der Waals surface area contributed by atoms with Crippen LogP contribution in [0.1, 0.15) is 65.2 Å². The molecule has 5 heteroatoms. The molecule has 2 aromatic rings. The Morgan fingerprint density at radius 1 is 0.815 bits per heavy atom. The molecule has 27 heavy (non-hydrogen) atoms. The fourth-order valence-corrected chi connectivity index (χ4v) is 3.64. The molecule has 1 aromatic carbocycles. The summed E-state index contributed by atoms with van der Waals surface area (Å²) in [6.07, 6.45) is 9.95. The normalized spacial score (nSPS) is 11.1. The standard InChI is InChI=1S/C22H34BNO2S/c1-3-5-7-12-18-24(19-13-8-6-4-2)26-23(22-17-14-20-27-22)25-21-15-10-9-11-16-21/h9-11,14-17,20H,3-8,12-13,18-19H2,1-2H3. The van der Waals surface area contributed by atoms with Crippen molar-refractivity contribution in [2.24, 2.45) is 0 Å². The average molecular weight is 387 g/mol. The summed E-state index contributed by atoms with van der Waals surface area (Å²) in [6, 6.07) is 14.1. The van der Waals surface area contributed by atoms with Gasteiger partial charge < -0.3 is 9.41 Å². The minimum absolute atomic E-state index is 0.384. The van der Waals surface area contributed by atoms with Crippen LogP contribution in [0.15, 0.2) is 47.8 Å². The molecule has 0 aliphatic carbocycles. The molecule has 1 aromatic heterocycles. The molecule has 0 radical (unpaired) electrons. The predicted octanol–water partition coefficient (Wildman–Crippen LogP) is 5.92. The summed E-state index contributed by atoms with van der Waals surface area (Å²) in [6.45, 7) is 6.43. The van der Waals surface area contributed by atoms with Gasteiger partial charge in [0.1, 0.15) is 5.75 Å². The number of thiophene rings is 1. The Hall–Kier alpha value is -1.30. The molecule has 0 atom stereocenters. The van der Waals surface area contributed by atoms with Crippen LogP contribution in [0.4, 0.5) is 0 Å². The molecule has 0 aliphatic rings. The zero-order chi connectivity index (χ0) is 19.2. The van der Waals surface area contributed by atoms with Crippen molar-refractivity contribution in [3.63, 3.8) is 0 Å². The molecule has 148 valence electrons. The zero-order valence-electron chi connectivity index (χ0n) is 16.9. The fraction of sp³-hybridized carbons (Fsp3) is 0.545. The summed E-state index contributed by atoms with van der Waals surface area (Å²) in [7, 11) is -0.384. The highest BCUT2D eigenvalue weighted by Gasteiger charge is 2.28. The molecule has 0 saturated carbocycles. The quantitative estimate of drug-likeness (QED) is 0.215. The predicted molar refractivity (Wildman–Crippen MR) is 118 cm³/mol. The van der Waals surface area contributed by atoms with E-state index in [0.717, 1.165) is 23.6 Å². The van der Waals surface area contributed by atoms with Crippen LogP contribution in [0.25, 0.3) is 0 Å². The van der Waals surface area contributed by atoms with Gasteiger partial charge in [0.05, 0.1) is 4.78 Å². The molecule has 0 fully saturated rings. The first kappa shape index (κ1) is 22.0. The highest BCUT2D eigenvalue weighted by Crippen LogP contribution is 2.14. The molecule has 0 N–H and O–H groups in total. The van der Waals surface area contributed by atoms with Gasteiger partial charge in [0.15, 0.2) is 0 Å². The molecule has 3 nitrogen and oxygen atoms in total. The second-order valence-corrected chi connectivity index (χ2v) is 7.91. The van der Waals surface area contributed by atoms with Crippen molar-refractivity contribution in [1.29, 1.82) is 0 Å². The van der Waals surface area contributed by atoms with E-state index in [0.29, 0.717) is 0 Å². The number of hydroxylamine groups is 2. The van der Waals surface area contributed by atoms with Gasteiger partial charge in [-0.15, -0.1) is 0 Å². The third-order valence-electron chi connectivity index (χ3n) is 4.53. The maximum atomic E-state index is 6.38. The SMILES string of the molecule is CCCCCCN(CCCCCC)OB(Oc1ccccc1)c1cccs1. The van der Waals surface area contributed by atoms with Crippen LogP contribution < -0.4 is 9.43 Å². The van der Waals surface area contributed by atoms with Crippen molar-refractivity contribution in [2.75, 3.05) is 13.1 Å². The van der Waals surface area contributed by atoms with Gasteiger partial charge in [-0.05, 0) is 30.4 Å². The third kappa shape index (κ3) is 8.96. The molecule has 0 saturated heterocycles. The second-order valence-electron chi connectivity index (χ2n) is 6.93. The van der Waals surface area contributed by atoms with Gasteiger partial charge in [-0.3, -0.25) is 0 Å². The van der Waals surface area contributed by atoms with E-state index in [-0.39, 0.29) is 7.12 Å². The molecular weight excluding hydrogens is 353 g/mol. The fourth-order valence-electron chi connectivity index (χ4n) is 2.96. The number of para-hydroxylation sites is 1. The van der Waals surface area contributed by atoms with Crippen LogP contribution in [0.2, 0.25) is 0 Å². The van der Waals surface area contributed by atoms with Crippen LogP contribution in [0.5, 0.6) is 5.75 Å². The van der Waals surface area contributed by atoms with Crippen LogP contribution in [-0.2, 0) is 4.76 Å². The molecule has 0 aliphatic heterocycles. The number of unbranched alkanes of at least 4 members (excludes halogenated alkanes) is 6. The van der Waals surface area contributed by atoms with Crippen molar-refractivity contribution in [2.45, 2.75) is 65.2 Å². The van der Waals surface area contributed by atoms with Crippen molar-refractivity contribution >= 4 is 23.2 Å². The van der Waals surface area contributed by atoms with Crippen molar-refractivity contribution in [3.05, 3.63) is 47.8 Å². The first-order valence-electron chi connectivity index (χ1n) is 10.5. The molecule has 1 heterocycles. The van der Waals surface area contributed by atoms with Gasteiger partial charge in [-0.2, -0.15) is 11.3 Å². The van der Waals surface area contributed by atoms with Gasteiger partial charge in [0, 0.05) is 13.1 Å². The van der Waals surface area contributed by atoms with E-state index >= 15 is 0 Å². The lowest BCUT2D eigenvalue weighted by molar-refractivity contribution is -0.0742. The Morgan fingerprint density at radius 3 is 2.04 bits per heavy atom. The van der Waals surface area contributed by atoms with Crippen LogP contribution in [0.3, 0.4) is 0 Å². The van der Waals surface area contributed by atoms with Gasteiger partial charge in [-0.1, -0.05) is 82.7 Å². The van der Waals surface area contributed by atoms with Crippen LogP contribution in [0, 0.1) is 0 Å². The largest absolute Gasteiger partial charge is 0.590 e. The monoisotopic (exact) mass is 387 g/mol. The smallest absolute Gasteiger partial charge is 0.531 e. The summed E-state index contributed by atoms with van der Waals surface area (Å²) in [4.78, 5) is 0. The average Bonchev–Trinajstić information content (AvgIpc) is 3.23. The first-order chi connectivity index (χ1) is 13.3.